The second kappa shape index (κ2) is 3.74. The lowest BCUT2D eigenvalue weighted by atomic mass is 9.80. The van der Waals surface area contributed by atoms with Crippen LogP contribution in [0.4, 0.5) is 0 Å². The lowest BCUT2D eigenvalue weighted by Gasteiger charge is -2.25. The van der Waals surface area contributed by atoms with Crippen LogP contribution in [0.15, 0.2) is 5.16 Å². The molecule has 0 aromatic carbocycles. The predicted molar refractivity (Wildman–Crippen MR) is 46.0 cm³/mol. The third kappa shape index (κ3) is 1.95. The van der Waals surface area contributed by atoms with Crippen LogP contribution in [-0.2, 0) is 0 Å². The Balaban J connectivity index is 2.59. The van der Waals surface area contributed by atoms with Gasteiger partial charge in [-0.15, -0.1) is 0 Å². The van der Waals surface area contributed by atoms with Crippen molar-refractivity contribution in [3.05, 3.63) is 0 Å². The first kappa shape index (κ1) is 8.57. The van der Waals surface area contributed by atoms with Gasteiger partial charge in [-0.1, -0.05) is 25.4 Å². The largest absolute Gasteiger partial charge is 0.411 e. The molecule has 2 nitrogen and oxygen atoms in total. The highest BCUT2D eigenvalue weighted by Crippen LogP contribution is 2.27. The van der Waals surface area contributed by atoms with Crippen molar-refractivity contribution in [3.63, 3.8) is 0 Å². The summed E-state index contributed by atoms with van der Waals surface area (Å²) in [6.07, 6.45) is 4.70. The molecule has 1 saturated carbocycles. The van der Waals surface area contributed by atoms with Crippen LogP contribution in [0.5, 0.6) is 0 Å². The van der Waals surface area contributed by atoms with E-state index in [1.807, 2.05) is 0 Å². The van der Waals surface area contributed by atoms with Gasteiger partial charge in [-0.05, 0) is 25.2 Å². The molecule has 2 heteroatoms. The Morgan fingerprint density at radius 2 is 2.18 bits per heavy atom. The van der Waals surface area contributed by atoms with Crippen LogP contribution in [0.2, 0.25) is 0 Å². The molecule has 0 heterocycles. The van der Waals surface area contributed by atoms with Crippen LogP contribution in [0, 0.1) is 11.8 Å². The minimum Gasteiger partial charge on any atom is -0.411 e. The fourth-order valence-electron chi connectivity index (χ4n) is 1.86. The standard InChI is InChI=1S/C9H17NO/c1-7(2)8-5-3-4-6-9(8)10-11/h7-8,11H,3-6H2,1-2H3/b10-9+. The molecule has 1 fully saturated rings. The first-order chi connectivity index (χ1) is 5.25. The molecule has 0 aromatic rings. The van der Waals surface area contributed by atoms with Crippen molar-refractivity contribution in [2.24, 2.45) is 17.0 Å². The van der Waals surface area contributed by atoms with Crippen LogP contribution in [-0.4, -0.2) is 10.9 Å². The second-order valence-electron chi connectivity index (χ2n) is 3.69. The number of nitrogens with zero attached hydrogens (tertiary/aromatic N) is 1. The normalized spacial score (nSPS) is 29.7. The van der Waals surface area contributed by atoms with Gasteiger partial charge >= 0.3 is 0 Å². The predicted octanol–water partition coefficient (Wildman–Crippen LogP) is 2.66. The van der Waals surface area contributed by atoms with Gasteiger partial charge in [0.2, 0.25) is 0 Å². The van der Waals surface area contributed by atoms with Crippen molar-refractivity contribution >= 4 is 5.71 Å². The minimum atomic E-state index is 0.536. The van der Waals surface area contributed by atoms with E-state index in [0.29, 0.717) is 11.8 Å². The van der Waals surface area contributed by atoms with Crippen molar-refractivity contribution in [3.8, 4) is 0 Å². The maximum absolute atomic E-state index is 8.70. The highest BCUT2D eigenvalue weighted by Gasteiger charge is 2.23. The van der Waals surface area contributed by atoms with Gasteiger partial charge in [0.15, 0.2) is 0 Å². The van der Waals surface area contributed by atoms with Gasteiger partial charge in [-0.2, -0.15) is 0 Å². The minimum absolute atomic E-state index is 0.536. The lowest BCUT2D eigenvalue weighted by molar-refractivity contribution is 0.301. The summed E-state index contributed by atoms with van der Waals surface area (Å²) >= 11 is 0. The summed E-state index contributed by atoms with van der Waals surface area (Å²) < 4.78 is 0. The van der Waals surface area contributed by atoms with Gasteiger partial charge < -0.3 is 5.21 Å². The molecule has 1 aliphatic rings. The van der Waals surface area contributed by atoms with Crippen molar-refractivity contribution in [2.75, 3.05) is 0 Å². The van der Waals surface area contributed by atoms with E-state index in [1.54, 1.807) is 0 Å². The molecule has 1 atom stereocenters. The quantitative estimate of drug-likeness (QED) is 0.458. The van der Waals surface area contributed by atoms with E-state index < -0.39 is 0 Å². The molecular formula is C9H17NO. The first-order valence-corrected chi connectivity index (χ1v) is 4.46. The first-order valence-electron chi connectivity index (χ1n) is 4.46. The third-order valence-electron chi connectivity index (χ3n) is 2.56. The fourth-order valence-corrected chi connectivity index (χ4v) is 1.86. The SMILES string of the molecule is CC(C)C1CCCC/C1=N\O. The van der Waals surface area contributed by atoms with E-state index in [4.69, 9.17) is 5.21 Å². The molecule has 64 valence electrons. The molecule has 0 aromatic heterocycles. The maximum Gasteiger partial charge on any atom is 0.0604 e. The Labute approximate surface area is 68.3 Å². The Hall–Kier alpha value is -0.530. The molecule has 0 bridgehead atoms. The molecule has 11 heavy (non-hydrogen) atoms. The fraction of sp³-hybridized carbons (Fsp3) is 0.889. The van der Waals surface area contributed by atoms with Crippen LogP contribution in [0.3, 0.4) is 0 Å². The molecular weight excluding hydrogens is 138 g/mol. The summed E-state index contributed by atoms with van der Waals surface area (Å²) in [5, 5.41) is 12.1. The Kier molecular flexibility index (Phi) is 2.92. The van der Waals surface area contributed by atoms with Crippen LogP contribution in [0.25, 0.3) is 0 Å². The highest BCUT2D eigenvalue weighted by atomic mass is 16.4. The van der Waals surface area contributed by atoms with Crippen molar-refractivity contribution in [1.82, 2.24) is 0 Å². The molecule has 1 N–H and O–H groups in total. The van der Waals surface area contributed by atoms with E-state index in [0.717, 1.165) is 12.1 Å². The summed E-state index contributed by atoms with van der Waals surface area (Å²) in [5.41, 5.74) is 1.02. The van der Waals surface area contributed by atoms with Gasteiger partial charge in [-0.25, -0.2) is 0 Å². The zero-order valence-corrected chi connectivity index (χ0v) is 7.38. The molecule has 0 radical (unpaired) electrons. The average molecular weight is 155 g/mol. The Bertz CT molecular complexity index is 152. The molecule has 0 aliphatic heterocycles. The molecule has 0 saturated heterocycles. The van der Waals surface area contributed by atoms with E-state index >= 15 is 0 Å². The zero-order chi connectivity index (χ0) is 8.27. The summed E-state index contributed by atoms with van der Waals surface area (Å²) in [6.45, 7) is 4.39. The number of hydrogen-bond donors (Lipinski definition) is 1. The van der Waals surface area contributed by atoms with E-state index in [2.05, 4.69) is 19.0 Å². The van der Waals surface area contributed by atoms with E-state index in [9.17, 15) is 0 Å². The van der Waals surface area contributed by atoms with Gasteiger partial charge in [-0.3, -0.25) is 0 Å². The molecule has 1 aliphatic carbocycles. The summed E-state index contributed by atoms with van der Waals surface area (Å²) in [7, 11) is 0. The van der Waals surface area contributed by atoms with E-state index in [-0.39, 0.29) is 0 Å². The van der Waals surface area contributed by atoms with Gasteiger partial charge in [0, 0.05) is 5.92 Å². The summed E-state index contributed by atoms with van der Waals surface area (Å²) in [4.78, 5) is 0. The molecule has 1 unspecified atom stereocenters. The second-order valence-corrected chi connectivity index (χ2v) is 3.69. The molecule has 0 spiro atoms. The van der Waals surface area contributed by atoms with Crippen LogP contribution in [0.1, 0.15) is 39.5 Å². The van der Waals surface area contributed by atoms with Crippen molar-refractivity contribution in [2.45, 2.75) is 39.5 Å². The maximum atomic E-state index is 8.70. The van der Waals surface area contributed by atoms with Crippen LogP contribution >= 0.6 is 0 Å². The van der Waals surface area contributed by atoms with Gasteiger partial charge in [0.1, 0.15) is 0 Å². The van der Waals surface area contributed by atoms with Gasteiger partial charge in [0.25, 0.3) is 0 Å². The molecule has 1 rings (SSSR count). The summed E-state index contributed by atoms with van der Waals surface area (Å²) in [5.74, 6) is 1.16. The number of oxime groups is 1. The smallest absolute Gasteiger partial charge is 0.0604 e. The van der Waals surface area contributed by atoms with Crippen molar-refractivity contribution < 1.29 is 5.21 Å². The molecule has 0 amide bonds. The zero-order valence-electron chi connectivity index (χ0n) is 7.38. The third-order valence-corrected chi connectivity index (χ3v) is 2.56. The van der Waals surface area contributed by atoms with Crippen LogP contribution < -0.4 is 0 Å². The van der Waals surface area contributed by atoms with Crippen molar-refractivity contribution in [1.29, 1.82) is 0 Å². The average Bonchev–Trinajstić information content (AvgIpc) is 2.04. The lowest BCUT2D eigenvalue weighted by Crippen LogP contribution is -2.23. The highest BCUT2D eigenvalue weighted by molar-refractivity contribution is 5.87. The topological polar surface area (TPSA) is 32.6 Å². The summed E-state index contributed by atoms with van der Waals surface area (Å²) in [6, 6.07) is 0. The number of hydrogen-bond acceptors (Lipinski definition) is 2. The van der Waals surface area contributed by atoms with Gasteiger partial charge in [0.05, 0.1) is 5.71 Å². The monoisotopic (exact) mass is 155 g/mol. The van der Waals surface area contributed by atoms with E-state index in [1.165, 1.54) is 19.3 Å². The Morgan fingerprint density at radius 1 is 1.45 bits per heavy atom. The Morgan fingerprint density at radius 3 is 2.64 bits per heavy atom. The number of rotatable bonds is 1.